The third-order valence-electron chi connectivity index (χ3n) is 0.426. The minimum Gasteiger partial charge on any atom is -0.421 e. The first kappa shape index (κ1) is 7.19. The summed E-state index contributed by atoms with van der Waals surface area (Å²) in [5.74, 6) is 4.63. The van der Waals surface area contributed by atoms with Gasteiger partial charge in [-0.15, -0.1) is 0 Å². The Labute approximate surface area is 46.7 Å². The molecule has 5 heteroatoms. The Hall–Kier alpha value is -0.810. The van der Waals surface area contributed by atoms with E-state index in [9.17, 15) is 4.79 Å². The number of nitrogens with two attached hydrogens (primary N) is 1. The molecule has 48 valence electrons. The Morgan fingerprint density at radius 2 is 2.50 bits per heavy atom. The molecule has 0 atom stereocenters. The summed E-state index contributed by atoms with van der Waals surface area (Å²) in [6.07, 6.45) is -0.702. The maximum absolute atomic E-state index is 10.0. The van der Waals surface area contributed by atoms with E-state index in [2.05, 4.69) is 15.3 Å². The van der Waals surface area contributed by atoms with E-state index in [1.54, 1.807) is 5.43 Å². The van der Waals surface area contributed by atoms with E-state index in [1.165, 1.54) is 7.11 Å². The number of hydrazine groups is 1. The number of carbonyl (C=O) groups is 1. The highest BCUT2D eigenvalue weighted by atomic mass is 16.7. The van der Waals surface area contributed by atoms with E-state index in [0.717, 1.165) is 0 Å². The maximum Gasteiger partial charge on any atom is 0.423 e. The molecule has 0 aromatic heterocycles. The van der Waals surface area contributed by atoms with E-state index in [0.29, 0.717) is 0 Å². The van der Waals surface area contributed by atoms with Crippen molar-refractivity contribution in [2.24, 2.45) is 5.84 Å². The van der Waals surface area contributed by atoms with Crippen molar-refractivity contribution >= 4 is 6.09 Å². The Morgan fingerprint density at radius 1 is 1.88 bits per heavy atom. The van der Waals surface area contributed by atoms with Crippen LogP contribution in [0.4, 0.5) is 4.79 Å². The molecule has 0 radical (unpaired) electrons. The first-order valence-corrected chi connectivity index (χ1v) is 1.93. The van der Waals surface area contributed by atoms with Crippen molar-refractivity contribution in [2.45, 2.75) is 0 Å². The SMILES string of the molecule is COCOC(=O)NN. The molecule has 0 aromatic rings. The summed E-state index contributed by atoms with van der Waals surface area (Å²) in [5, 5.41) is 0. The van der Waals surface area contributed by atoms with Crippen LogP contribution in [0.2, 0.25) is 0 Å². The van der Waals surface area contributed by atoms with Gasteiger partial charge in [0.2, 0.25) is 0 Å². The van der Waals surface area contributed by atoms with Crippen molar-refractivity contribution in [1.82, 2.24) is 5.43 Å². The van der Waals surface area contributed by atoms with Gasteiger partial charge in [-0.25, -0.2) is 10.6 Å². The molecule has 8 heavy (non-hydrogen) atoms. The van der Waals surface area contributed by atoms with E-state index >= 15 is 0 Å². The predicted molar refractivity (Wildman–Crippen MR) is 25.7 cm³/mol. The predicted octanol–water partition coefficient (Wildman–Crippen LogP) is -0.810. The highest BCUT2D eigenvalue weighted by Crippen LogP contribution is 1.72. The number of rotatable bonds is 2. The van der Waals surface area contributed by atoms with Crippen LogP contribution in [-0.4, -0.2) is 20.0 Å². The van der Waals surface area contributed by atoms with E-state index < -0.39 is 6.09 Å². The molecule has 0 heterocycles. The normalized spacial score (nSPS) is 8.25. The third kappa shape index (κ3) is 3.38. The Bertz CT molecular complexity index is 74.9. The molecule has 0 aromatic carbocycles. The summed E-state index contributed by atoms with van der Waals surface area (Å²) in [7, 11) is 1.41. The van der Waals surface area contributed by atoms with Crippen LogP contribution in [0.15, 0.2) is 0 Å². The van der Waals surface area contributed by atoms with Gasteiger partial charge in [0.15, 0.2) is 6.79 Å². The molecule has 5 nitrogen and oxygen atoms in total. The van der Waals surface area contributed by atoms with Crippen molar-refractivity contribution in [3.05, 3.63) is 0 Å². The van der Waals surface area contributed by atoms with E-state index in [1.807, 2.05) is 0 Å². The number of hydrogen-bond acceptors (Lipinski definition) is 4. The average Bonchev–Trinajstić information content (AvgIpc) is 1.83. The van der Waals surface area contributed by atoms with Gasteiger partial charge in [0.25, 0.3) is 0 Å². The van der Waals surface area contributed by atoms with Crippen LogP contribution in [0.3, 0.4) is 0 Å². The summed E-state index contributed by atoms with van der Waals surface area (Å²) in [4.78, 5) is 10.0. The van der Waals surface area contributed by atoms with Gasteiger partial charge in [0.1, 0.15) is 0 Å². The Kier molecular flexibility index (Phi) is 3.91. The van der Waals surface area contributed by atoms with E-state index in [-0.39, 0.29) is 6.79 Å². The van der Waals surface area contributed by atoms with Crippen LogP contribution < -0.4 is 11.3 Å². The largest absolute Gasteiger partial charge is 0.423 e. The molecule has 0 aliphatic carbocycles. The zero-order chi connectivity index (χ0) is 6.41. The second-order valence-corrected chi connectivity index (χ2v) is 0.983. The first-order chi connectivity index (χ1) is 3.81. The number of ether oxygens (including phenoxy) is 2. The summed E-state index contributed by atoms with van der Waals surface area (Å²) in [6, 6.07) is 0. The smallest absolute Gasteiger partial charge is 0.421 e. The minimum absolute atomic E-state index is 0.0803. The monoisotopic (exact) mass is 120 g/mol. The van der Waals surface area contributed by atoms with Crippen LogP contribution in [0.25, 0.3) is 0 Å². The molecule has 0 aliphatic heterocycles. The lowest BCUT2D eigenvalue weighted by atomic mass is 11.2. The van der Waals surface area contributed by atoms with Gasteiger partial charge in [-0.1, -0.05) is 0 Å². The summed E-state index contributed by atoms with van der Waals surface area (Å²) < 4.78 is 8.62. The highest BCUT2D eigenvalue weighted by Gasteiger charge is 1.92. The number of hydrogen-bond donors (Lipinski definition) is 2. The highest BCUT2D eigenvalue weighted by molar-refractivity contribution is 5.66. The number of methoxy groups -OCH3 is 1. The average molecular weight is 120 g/mol. The Morgan fingerprint density at radius 3 is 2.88 bits per heavy atom. The summed E-state index contributed by atoms with van der Waals surface area (Å²) in [5.41, 5.74) is 1.76. The molecular weight excluding hydrogens is 112 g/mol. The van der Waals surface area contributed by atoms with Crippen molar-refractivity contribution in [3.8, 4) is 0 Å². The fraction of sp³-hybridized carbons (Fsp3) is 0.667. The quantitative estimate of drug-likeness (QED) is 0.216. The molecular formula is C3H8N2O3. The number of amides is 1. The molecule has 0 bridgehead atoms. The lowest BCUT2D eigenvalue weighted by Crippen LogP contribution is -2.31. The van der Waals surface area contributed by atoms with Crippen molar-refractivity contribution in [1.29, 1.82) is 0 Å². The van der Waals surface area contributed by atoms with Gasteiger partial charge >= 0.3 is 6.09 Å². The molecule has 0 fully saturated rings. The fourth-order valence-electron chi connectivity index (χ4n) is 0.154. The molecule has 0 aliphatic rings. The van der Waals surface area contributed by atoms with Crippen molar-refractivity contribution in [3.63, 3.8) is 0 Å². The standard InChI is InChI=1S/C3H8N2O3/c1-7-2-8-3(6)5-4/h2,4H2,1H3,(H,5,6). The minimum atomic E-state index is -0.702. The zero-order valence-corrected chi connectivity index (χ0v) is 4.51. The van der Waals surface area contributed by atoms with Gasteiger partial charge in [-0.3, -0.25) is 5.43 Å². The van der Waals surface area contributed by atoms with Crippen LogP contribution in [0.5, 0.6) is 0 Å². The lowest BCUT2D eigenvalue weighted by Gasteiger charge is -1.98. The molecule has 1 amide bonds. The summed E-state index contributed by atoms with van der Waals surface area (Å²) in [6.45, 7) is -0.0803. The molecule has 0 saturated heterocycles. The van der Waals surface area contributed by atoms with Gasteiger partial charge in [0, 0.05) is 7.11 Å². The maximum atomic E-state index is 10.0. The molecule has 3 N–H and O–H groups in total. The fourth-order valence-corrected chi connectivity index (χ4v) is 0.154. The van der Waals surface area contributed by atoms with Crippen LogP contribution in [0, 0.1) is 0 Å². The van der Waals surface area contributed by atoms with E-state index in [4.69, 9.17) is 0 Å². The molecule has 0 rings (SSSR count). The zero-order valence-electron chi connectivity index (χ0n) is 4.51. The molecule has 0 saturated carbocycles. The summed E-state index contributed by atoms with van der Waals surface area (Å²) >= 11 is 0. The lowest BCUT2D eigenvalue weighted by molar-refractivity contribution is 0.0120. The first-order valence-electron chi connectivity index (χ1n) is 1.93. The number of nitrogens with one attached hydrogen (secondary N) is 1. The third-order valence-corrected chi connectivity index (χ3v) is 0.426. The van der Waals surface area contributed by atoms with Crippen LogP contribution in [-0.2, 0) is 9.47 Å². The van der Waals surface area contributed by atoms with Crippen LogP contribution >= 0.6 is 0 Å². The number of carbonyl (C=O) groups excluding carboxylic acids is 1. The van der Waals surface area contributed by atoms with Gasteiger partial charge < -0.3 is 9.47 Å². The van der Waals surface area contributed by atoms with Crippen molar-refractivity contribution < 1.29 is 14.3 Å². The Balaban J connectivity index is 2.99. The topological polar surface area (TPSA) is 73.6 Å². The van der Waals surface area contributed by atoms with Crippen LogP contribution in [0.1, 0.15) is 0 Å². The van der Waals surface area contributed by atoms with Crippen molar-refractivity contribution in [2.75, 3.05) is 13.9 Å². The molecule has 0 spiro atoms. The van der Waals surface area contributed by atoms with Gasteiger partial charge in [-0.05, 0) is 0 Å². The second kappa shape index (κ2) is 4.35. The van der Waals surface area contributed by atoms with Gasteiger partial charge in [-0.2, -0.15) is 0 Å². The molecule has 0 unspecified atom stereocenters. The van der Waals surface area contributed by atoms with Gasteiger partial charge in [0.05, 0.1) is 0 Å². The second-order valence-electron chi connectivity index (χ2n) is 0.983.